The summed E-state index contributed by atoms with van der Waals surface area (Å²) in [5.74, 6) is 0.943. The molecule has 0 aliphatic carbocycles. The lowest BCUT2D eigenvalue weighted by Gasteiger charge is -2.43. The Kier molecular flexibility index (Phi) is 3.74. The first-order valence-electron chi connectivity index (χ1n) is 5.64. The van der Waals surface area contributed by atoms with E-state index in [1.165, 1.54) is 19.5 Å². The summed E-state index contributed by atoms with van der Waals surface area (Å²) in [7, 11) is 0. The van der Waals surface area contributed by atoms with E-state index in [0.29, 0.717) is 0 Å². The van der Waals surface area contributed by atoms with E-state index in [-0.39, 0.29) is 5.54 Å². The summed E-state index contributed by atoms with van der Waals surface area (Å²) in [6.07, 6.45) is 3.51. The fourth-order valence-electron chi connectivity index (χ4n) is 1.98. The zero-order valence-electron chi connectivity index (χ0n) is 9.34. The van der Waals surface area contributed by atoms with Crippen molar-refractivity contribution in [2.75, 3.05) is 19.6 Å². The van der Waals surface area contributed by atoms with E-state index in [4.69, 9.17) is 5.73 Å². The van der Waals surface area contributed by atoms with Crippen molar-refractivity contribution >= 4 is 0 Å². The van der Waals surface area contributed by atoms with Crippen LogP contribution in [0, 0.1) is 5.92 Å². The second kappa shape index (κ2) is 4.43. The Balaban J connectivity index is 2.25. The minimum atomic E-state index is 0.0682. The van der Waals surface area contributed by atoms with E-state index in [2.05, 4.69) is 25.7 Å². The normalized spacial score (nSPS) is 20.3. The lowest BCUT2D eigenvalue weighted by atomic mass is 9.89. The summed E-state index contributed by atoms with van der Waals surface area (Å²) in [4.78, 5) is 2.50. The minimum absolute atomic E-state index is 0.0682. The second-order valence-electron chi connectivity index (χ2n) is 4.54. The number of nitrogens with zero attached hydrogens (tertiary/aromatic N) is 1. The van der Waals surface area contributed by atoms with Crippen LogP contribution in [0.5, 0.6) is 0 Å². The molecule has 0 radical (unpaired) electrons. The van der Waals surface area contributed by atoms with Crippen molar-refractivity contribution in [3.05, 3.63) is 0 Å². The molecular weight excluding hydrogens is 160 g/mol. The molecule has 0 amide bonds. The number of hydrogen-bond donors (Lipinski definition) is 1. The van der Waals surface area contributed by atoms with Gasteiger partial charge in [0.2, 0.25) is 0 Å². The van der Waals surface area contributed by atoms with E-state index in [1.54, 1.807) is 0 Å². The fraction of sp³-hybridized carbons (Fsp3) is 1.00. The molecular formula is C11H24N2. The van der Waals surface area contributed by atoms with Gasteiger partial charge in [-0.15, -0.1) is 0 Å². The third kappa shape index (κ3) is 2.68. The average Bonchev–Trinajstić information content (AvgIpc) is 2.10. The molecule has 2 heteroatoms. The molecule has 0 spiro atoms. The quantitative estimate of drug-likeness (QED) is 0.706. The Hall–Kier alpha value is -0.0800. The van der Waals surface area contributed by atoms with Crippen LogP contribution in [0.4, 0.5) is 0 Å². The maximum Gasteiger partial charge on any atom is 0.0278 e. The average molecular weight is 184 g/mol. The predicted octanol–water partition coefficient (Wildman–Crippen LogP) is 1.85. The van der Waals surface area contributed by atoms with Gasteiger partial charge in [-0.1, -0.05) is 27.2 Å². The van der Waals surface area contributed by atoms with Crippen LogP contribution in [0.25, 0.3) is 0 Å². The van der Waals surface area contributed by atoms with Crippen molar-refractivity contribution in [1.29, 1.82) is 0 Å². The molecule has 1 fully saturated rings. The Morgan fingerprint density at radius 1 is 1.23 bits per heavy atom. The fourth-order valence-corrected chi connectivity index (χ4v) is 1.98. The van der Waals surface area contributed by atoms with Crippen LogP contribution in [0.3, 0.4) is 0 Å². The highest BCUT2D eigenvalue weighted by molar-refractivity contribution is 4.89. The van der Waals surface area contributed by atoms with Crippen molar-refractivity contribution in [3.8, 4) is 0 Å². The van der Waals surface area contributed by atoms with Crippen LogP contribution >= 0.6 is 0 Å². The number of likely N-dealkylation sites (tertiary alicyclic amines) is 1. The molecule has 1 aliphatic rings. The van der Waals surface area contributed by atoms with E-state index in [9.17, 15) is 0 Å². The number of hydrogen-bond acceptors (Lipinski definition) is 2. The van der Waals surface area contributed by atoms with Gasteiger partial charge in [-0.05, 0) is 18.8 Å². The highest BCUT2D eigenvalue weighted by Crippen LogP contribution is 2.22. The maximum atomic E-state index is 6.25. The van der Waals surface area contributed by atoms with Gasteiger partial charge >= 0.3 is 0 Å². The Morgan fingerprint density at radius 2 is 1.77 bits per heavy atom. The Morgan fingerprint density at radius 3 is 2.15 bits per heavy atom. The molecule has 2 nitrogen and oxygen atoms in total. The first-order valence-corrected chi connectivity index (χ1v) is 5.64. The first kappa shape index (κ1) is 11.0. The van der Waals surface area contributed by atoms with Crippen molar-refractivity contribution in [2.24, 2.45) is 11.7 Å². The molecule has 1 saturated heterocycles. The van der Waals surface area contributed by atoms with Gasteiger partial charge in [-0.25, -0.2) is 0 Å². The van der Waals surface area contributed by atoms with Crippen LogP contribution in [-0.2, 0) is 0 Å². The number of rotatable bonds is 5. The van der Waals surface area contributed by atoms with Crippen LogP contribution in [-0.4, -0.2) is 30.1 Å². The number of nitrogens with two attached hydrogens (primary N) is 1. The zero-order chi connectivity index (χ0) is 9.90. The summed E-state index contributed by atoms with van der Waals surface area (Å²) in [5, 5.41) is 0. The topological polar surface area (TPSA) is 29.3 Å². The van der Waals surface area contributed by atoms with Crippen molar-refractivity contribution in [1.82, 2.24) is 4.90 Å². The molecule has 78 valence electrons. The molecule has 0 aromatic heterocycles. The minimum Gasteiger partial charge on any atom is -0.324 e. The van der Waals surface area contributed by atoms with Gasteiger partial charge in [-0.3, -0.25) is 0 Å². The lowest BCUT2D eigenvalue weighted by Crippen LogP contribution is -2.56. The standard InChI is InChI=1S/C11H24N2/c1-4-10-7-13(8-10)9-11(12,5-2)6-3/h10H,4-9,12H2,1-3H3. The van der Waals surface area contributed by atoms with Crippen molar-refractivity contribution < 1.29 is 0 Å². The van der Waals surface area contributed by atoms with E-state index in [1.807, 2.05) is 0 Å². The molecule has 1 rings (SSSR count). The molecule has 0 saturated carbocycles. The Bertz CT molecular complexity index is 146. The monoisotopic (exact) mass is 184 g/mol. The molecule has 1 heterocycles. The highest BCUT2D eigenvalue weighted by Gasteiger charge is 2.31. The van der Waals surface area contributed by atoms with Gasteiger partial charge in [0.05, 0.1) is 0 Å². The largest absolute Gasteiger partial charge is 0.324 e. The van der Waals surface area contributed by atoms with Gasteiger partial charge in [0, 0.05) is 25.2 Å². The lowest BCUT2D eigenvalue weighted by molar-refractivity contribution is 0.0684. The molecule has 1 aliphatic heterocycles. The molecule has 0 atom stereocenters. The molecule has 2 N–H and O–H groups in total. The summed E-state index contributed by atoms with van der Waals surface area (Å²) in [6, 6.07) is 0. The van der Waals surface area contributed by atoms with Gasteiger partial charge in [-0.2, -0.15) is 0 Å². The van der Waals surface area contributed by atoms with E-state index < -0.39 is 0 Å². The Labute approximate surface area is 82.5 Å². The molecule has 13 heavy (non-hydrogen) atoms. The van der Waals surface area contributed by atoms with Crippen molar-refractivity contribution in [3.63, 3.8) is 0 Å². The first-order chi connectivity index (χ1) is 6.13. The van der Waals surface area contributed by atoms with Gasteiger partial charge in [0.15, 0.2) is 0 Å². The third-order valence-corrected chi connectivity index (χ3v) is 3.56. The smallest absolute Gasteiger partial charge is 0.0278 e. The van der Waals surface area contributed by atoms with Gasteiger partial charge < -0.3 is 10.6 Å². The molecule has 0 bridgehead atoms. The van der Waals surface area contributed by atoms with Crippen molar-refractivity contribution in [2.45, 2.75) is 45.6 Å². The SMILES string of the molecule is CCC1CN(CC(N)(CC)CC)C1. The predicted molar refractivity (Wildman–Crippen MR) is 57.7 cm³/mol. The van der Waals surface area contributed by atoms with Gasteiger partial charge in [0.25, 0.3) is 0 Å². The highest BCUT2D eigenvalue weighted by atomic mass is 15.2. The third-order valence-electron chi connectivity index (χ3n) is 3.56. The molecule has 0 aromatic carbocycles. The molecule has 0 aromatic rings. The zero-order valence-corrected chi connectivity index (χ0v) is 9.34. The van der Waals surface area contributed by atoms with E-state index in [0.717, 1.165) is 25.3 Å². The van der Waals surface area contributed by atoms with Crippen LogP contribution in [0.1, 0.15) is 40.0 Å². The van der Waals surface area contributed by atoms with Crippen LogP contribution in [0.2, 0.25) is 0 Å². The summed E-state index contributed by atoms with van der Waals surface area (Å²) in [5.41, 5.74) is 6.32. The summed E-state index contributed by atoms with van der Waals surface area (Å²) >= 11 is 0. The second-order valence-corrected chi connectivity index (χ2v) is 4.54. The van der Waals surface area contributed by atoms with E-state index >= 15 is 0 Å². The molecule has 0 unspecified atom stereocenters. The summed E-state index contributed by atoms with van der Waals surface area (Å²) in [6.45, 7) is 10.3. The van der Waals surface area contributed by atoms with Crippen LogP contribution < -0.4 is 5.73 Å². The van der Waals surface area contributed by atoms with Crippen LogP contribution in [0.15, 0.2) is 0 Å². The summed E-state index contributed by atoms with van der Waals surface area (Å²) < 4.78 is 0. The maximum absolute atomic E-state index is 6.25. The van der Waals surface area contributed by atoms with Gasteiger partial charge in [0.1, 0.15) is 0 Å².